The topological polar surface area (TPSA) is 15.6 Å². The lowest BCUT2D eigenvalue weighted by Gasteiger charge is -2.30. The highest BCUT2D eigenvalue weighted by Crippen LogP contribution is 2.42. The molecule has 0 amide bonds. The van der Waals surface area contributed by atoms with Gasteiger partial charge in [-0.25, -0.2) is 0 Å². The Bertz CT molecular complexity index is 606. The lowest BCUT2D eigenvalue weighted by molar-refractivity contribution is 0.379. The van der Waals surface area contributed by atoms with E-state index < -0.39 is 0 Å². The fraction of sp³-hybridized carbons (Fsp3) is 0.316. The number of aliphatic imine (C=N–C) groups is 1. The van der Waals surface area contributed by atoms with E-state index in [1.54, 1.807) is 0 Å². The van der Waals surface area contributed by atoms with Crippen LogP contribution in [0.15, 0.2) is 65.7 Å². The number of benzene rings is 2. The molecular weight excluding hydrogens is 256 g/mol. The van der Waals surface area contributed by atoms with Gasteiger partial charge in [0.1, 0.15) is 5.84 Å². The van der Waals surface area contributed by atoms with E-state index in [4.69, 9.17) is 4.99 Å². The second-order valence-electron chi connectivity index (χ2n) is 6.06. The standard InChI is InChI=1S/C19H20N2/c1-3-8-16(9-4-1)19(17-10-5-2-6-11-17)14-18-20-12-7-13-21(18)15-19/h1-6,8-11H,7,12-15H2. The Morgan fingerprint density at radius 1 is 0.857 bits per heavy atom. The van der Waals surface area contributed by atoms with Gasteiger partial charge in [-0.15, -0.1) is 0 Å². The summed E-state index contributed by atoms with van der Waals surface area (Å²) in [4.78, 5) is 7.27. The molecule has 4 rings (SSSR count). The molecule has 1 saturated heterocycles. The van der Waals surface area contributed by atoms with Gasteiger partial charge in [0.2, 0.25) is 0 Å². The fourth-order valence-corrected chi connectivity index (χ4v) is 3.76. The summed E-state index contributed by atoms with van der Waals surface area (Å²) in [5, 5.41) is 0. The van der Waals surface area contributed by atoms with E-state index in [0.29, 0.717) is 0 Å². The Kier molecular flexibility index (Phi) is 3.03. The number of fused-ring (bicyclic) bond motifs is 1. The molecule has 0 spiro atoms. The first kappa shape index (κ1) is 12.6. The van der Waals surface area contributed by atoms with E-state index >= 15 is 0 Å². The van der Waals surface area contributed by atoms with Crippen LogP contribution in [0.25, 0.3) is 0 Å². The average molecular weight is 276 g/mol. The zero-order valence-corrected chi connectivity index (χ0v) is 12.2. The fourth-order valence-electron chi connectivity index (χ4n) is 3.76. The molecule has 0 radical (unpaired) electrons. The molecule has 0 unspecified atom stereocenters. The van der Waals surface area contributed by atoms with Gasteiger partial charge < -0.3 is 4.90 Å². The third-order valence-corrected chi connectivity index (χ3v) is 4.82. The largest absolute Gasteiger partial charge is 0.359 e. The summed E-state index contributed by atoms with van der Waals surface area (Å²) in [6, 6.07) is 21.9. The maximum Gasteiger partial charge on any atom is 0.100 e. The number of amidine groups is 1. The summed E-state index contributed by atoms with van der Waals surface area (Å²) < 4.78 is 0. The summed E-state index contributed by atoms with van der Waals surface area (Å²) in [6.45, 7) is 3.20. The van der Waals surface area contributed by atoms with Crippen LogP contribution in [0.1, 0.15) is 24.0 Å². The van der Waals surface area contributed by atoms with Crippen molar-refractivity contribution in [1.29, 1.82) is 0 Å². The first-order chi connectivity index (χ1) is 10.4. The van der Waals surface area contributed by atoms with Crippen LogP contribution in [0.5, 0.6) is 0 Å². The summed E-state index contributed by atoms with van der Waals surface area (Å²) in [5.41, 5.74) is 2.88. The van der Waals surface area contributed by atoms with E-state index in [-0.39, 0.29) is 5.41 Å². The molecule has 21 heavy (non-hydrogen) atoms. The first-order valence-electron chi connectivity index (χ1n) is 7.78. The lowest BCUT2D eigenvalue weighted by atomic mass is 9.74. The van der Waals surface area contributed by atoms with Crippen LogP contribution in [0.4, 0.5) is 0 Å². The average Bonchev–Trinajstić information content (AvgIpc) is 2.97. The minimum atomic E-state index is 0.0612. The molecule has 2 aromatic carbocycles. The second kappa shape index (κ2) is 5.03. The molecule has 2 nitrogen and oxygen atoms in total. The number of nitrogens with zero attached hydrogens (tertiary/aromatic N) is 2. The molecule has 2 heterocycles. The Hall–Kier alpha value is -2.09. The van der Waals surface area contributed by atoms with Crippen LogP contribution in [-0.4, -0.2) is 30.4 Å². The smallest absolute Gasteiger partial charge is 0.100 e. The minimum absolute atomic E-state index is 0.0612. The van der Waals surface area contributed by atoms with Crippen molar-refractivity contribution in [3.63, 3.8) is 0 Å². The van der Waals surface area contributed by atoms with Crippen molar-refractivity contribution in [3.05, 3.63) is 71.8 Å². The van der Waals surface area contributed by atoms with Crippen molar-refractivity contribution >= 4 is 5.84 Å². The quantitative estimate of drug-likeness (QED) is 0.820. The van der Waals surface area contributed by atoms with E-state index in [2.05, 4.69) is 65.6 Å². The molecular formula is C19H20N2. The van der Waals surface area contributed by atoms with Gasteiger partial charge in [0, 0.05) is 31.5 Å². The lowest BCUT2D eigenvalue weighted by Crippen LogP contribution is -2.34. The number of rotatable bonds is 2. The van der Waals surface area contributed by atoms with Crippen molar-refractivity contribution < 1.29 is 0 Å². The van der Waals surface area contributed by atoms with Crippen LogP contribution in [0, 0.1) is 0 Å². The summed E-state index contributed by atoms with van der Waals surface area (Å²) in [5.74, 6) is 1.30. The number of hydrogen-bond donors (Lipinski definition) is 0. The van der Waals surface area contributed by atoms with Crippen molar-refractivity contribution in [2.45, 2.75) is 18.3 Å². The SMILES string of the molecule is c1ccc(C2(c3ccccc3)CC3=NCCCN3C2)cc1. The van der Waals surface area contributed by atoms with Gasteiger partial charge in [0.25, 0.3) is 0 Å². The van der Waals surface area contributed by atoms with Crippen molar-refractivity contribution in [3.8, 4) is 0 Å². The third-order valence-electron chi connectivity index (χ3n) is 4.82. The Balaban J connectivity index is 1.85. The highest BCUT2D eigenvalue weighted by molar-refractivity contribution is 5.88. The molecule has 0 atom stereocenters. The van der Waals surface area contributed by atoms with Gasteiger partial charge in [0.15, 0.2) is 0 Å². The molecule has 2 aliphatic rings. The molecule has 0 N–H and O–H groups in total. The van der Waals surface area contributed by atoms with Crippen molar-refractivity contribution in [1.82, 2.24) is 4.90 Å². The van der Waals surface area contributed by atoms with Gasteiger partial charge in [0.05, 0.1) is 0 Å². The van der Waals surface area contributed by atoms with Crippen LogP contribution in [0.3, 0.4) is 0 Å². The molecule has 0 aromatic heterocycles. The van der Waals surface area contributed by atoms with E-state index in [9.17, 15) is 0 Å². The molecule has 2 aliphatic heterocycles. The van der Waals surface area contributed by atoms with Crippen LogP contribution >= 0.6 is 0 Å². The minimum Gasteiger partial charge on any atom is -0.359 e. The van der Waals surface area contributed by atoms with E-state index in [1.165, 1.54) is 23.4 Å². The summed E-state index contributed by atoms with van der Waals surface area (Å²) in [6.07, 6.45) is 2.21. The van der Waals surface area contributed by atoms with Crippen molar-refractivity contribution in [2.24, 2.45) is 4.99 Å². The highest BCUT2D eigenvalue weighted by atomic mass is 15.2. The van der Waals surface area contributed by atoms with Gasteiger partial charge in [-0.2, -0.15) is 0 Å². The molecule has 0 bridgehead atoms. The maximum absolute atomic E-state index is 4.78. The second-order valence-corrected chi connectivity index (χ2v) is 6.06. The van der Waals surface area contributed by atoms with Gasteiger partial charge in [-0.05, 0) is 17.5 Å². The molecule has 106 valence electrons. The zero-order chi connectivity index (χ0) is 14.1. The monoisotopic (exact) mass is 276 g/mol. The van der Waals surface area contributed by atoms with Gasteiger partial charge in [-0.1, -0.05) is 60.7 Å². The van der Waals surface area contributed by atoms with Crippen molar-refractivity contribution in [2.75, 3.05) is 19.6 Å². The Morgan fingerprint density at radius 3 is 2.05 bits per heavy atom. The zero-order valence-electron chi connectivity index (χ0n) is 12.2. The van der Waals surface area contributed by atoms with E-state index in [0.717, 1.165) is 26.1 Å². The van der Waals surface area contributed by atoms with Gasteiger partial charge >= 0.3 is 0 Å². The van der Waals surface area contributed by atoms with Crippen LogP contribution in [0.2, 0.25) is 0 Å². The Labute approximate surface area is 126 Å². The first-order valence-corrected chi connectivity index (χ1v) is 7.78. The summed E-state index contributed by atoms with van der Waals surface area (Å²) in [7, 11) is 0. The van der Waals surface area contributed by atoms with Crippen LogP contribution < -0.4 is 0 Å². The predicted octanol–water partition coefficient (Wildman–Crippen LogP) is 3.48. The van der Waals surface area contributed by atoms with Crippen LogP contribution in [-0.2, 0) is 5.41 Å². The molecule has 0 aliphatic carbocycles. The third kappa shape index (κ3) is 2.06. The number of hydrogen-bond acceptors (Lipinski definition) is 2. The molecule has 0 saturated carbocycles. The Morgan fingerprint density at radius 2 is 1.48 bits per heavy atom. The molecule has 2 aromatic rings. The predicted molar refractivity (Wildman–Crippen MR) is 86.8 cm³/mol. The van der Waals surface area contributed by atoms with Gasteiger partial charge in [-0.3, -0.25) is 4.99 Å². The molecule has 1 fully saturated rings. The maximum atomic E-state index is 4.78. The van der Waals surface area contributed by atoms with E-state index in [1.807, 2.05) is 0 Å². The summed E-state index contributed by atoms with van der Waals surface area (Å²) >= 11 is 0. The highest BCUT2D eigenvalue weighted by Gasteiger charge is 2.44. The normalized spacial score (nSPS) is 20.0. The molecule has 2 heteroatoms.